The number of rotatable bonds is 9. The molecule has 3 atom stereocenters. The molecule has 0 saturated heterocycles. The van der Waals surface area contributed by atoms with Crippen LogP contribution >= 0.6 is 0 Å². The van der Waals surface area contributed by atoms with E-state index in [-0.39, 0.29) is 34.5 Å². The van der Waals surface area contributed by atoms with Gasteiger partial charge in [-0.25, -0.2) is 23.4 Å². The Morgan fingerprint density at radius 1 is 1.14 bits per heavy atom. The summed E-state index contributed by atoms with van der Waals surface area (Å²) in [5.74, 6) is 0.799. The number of hydrogen-bond donors (Lipinski definition) is 1. The summed E-state index contributed by atoms with van der Waals surface area (Å²) in [7, 11) is 0.0394. The van der Waals surface area contributed by atoms with E-state index in [9.17, 15) is 17.2 Å². The zero-order chi connectivity index (χ0) is 26.6. The molecule has 12 heteroatoms. The predicted octanol–water partition coefficient (Wildman–Crippen LogP) is 4.23. The Labute approximate surface area is 214 Å². The summed E-state index contributed by atoms with van der Waals surface area (Å²) in [6.45, 7) is -1.26. The number of hydrogen-bond acceptors (Lipinski definition) is 8. The molecule has 1 fully saturated rings. The van der Waals surface area contributed by atoms with Crippen LogP contribution in [0.2, 0.25) is 0 Å². The molecule has 0 aliphatic heterocycles. The number of halogens is 2. The van der Waals surface area contributed by atoms with Gasteiger partial charge in [0.15, 0.2) is 0 Å². The minimum Gasteiger partial charge on any atom is -0.473 e. The van der Waals surface area contributed by atoms with Gasteiger partial charge in [-0.3, -0.25) is 4.72 Å². The van der Waals surface area contributed by atoms with Crippen LogP contribution < -0.4 is 14.2 Å². The van der Waals surface area contributed by atoms with Gasteiger partial charge in [0.05, 0.1) is 5.69 Å². The van der Waals surface area contributed by atoms with Crippen LogP contribution in [0.4, 0.5) is 14.6 Å². The molecule has 1 aromatic carbocycles. The maximum atomic E-state index is 12.8. The van der Waals surface area contributed by atoms with Gasteiger partial charge in [0.2, 0.25) is 5.88 Å². The number of alkyl halides is 2. The van der Waals surface area contributed by atoms with E-state index in [1.807, 2.05) is 20.2 Å². The molecule has 3 aromatic rings. The van der Waals surface area contributed by atoms with Crippen molar-refractivity contribution in [2.45, 2.75) is 55.8 Å². The minimum absolute atomic E-state index is 0.0252. The summed E-state index contributed by atoms with van der Waals surface area (Å²) in [6.07, 6.45) is 4.77. The summed E-state index contributed by atoms with van der Waals surface area (Å²) < 4.78 is 64.1. The second-order valence-corrected chi connectivity index (χ2v) is 10.7. The van der Waals surface area contributed by atoms with E-state index in [2.05, 4.69) is 29.3 Å². The van der Waals surface area contributed by atoms with Gasteiger partial charge >= 0.3 is 6.61 Å². The highest BCUT2D eigenvalue weighted by Gasteiger charge is 2.34. The van der Waals surface area contributed by atoms with Crippen LogP contribution in [0.1, 0.15) is 36.4 Å². The van der Waals surface area contributed by atoms with Gasteiger partial charge in [-0.2, -0.15) is 8.78 Å². The average molecular weight is 534 g/mol. The highest BCUT2D eigenvalue weighted by atomic mass is 32.2. The molecule has 198 valence electrons. The standard InChI is InChI=1S/C25H29F2N5O4S/c1-16-22(37(33,34)31-23-11-12-28-15-29-23)9-10-24(30-16)36-21-8-7-18(14-20(21)32(2)3)17-5-4-6-19(13-17)35-25(26)27/h4-6,9-13,15,18,20-21,25H,7-8,14H2,1-3H3,(H,28,29,31)/t18-,20-,21-/m0/s1. The number of sulfonamides is 1. The van der Waals surface area contributed by atoms with Crippen molar-refractivity contribution in [3.63, 3.8) is 0 Å². The topological polar surface area (TPSA) is 107 Å². The van der Waals surface area contributed by atoms with E-state index in [0.29, 0.717) is 18.0 Å². The predicted molar refractivity (Wildman–Crippen MR) is 133 cm³/mol. The zero-order valence-corrected chi connectivity index (χ0v) is 21.5. The van der Waals surface area contributed by atoms with E-state index in [1.54, 1.807) is 25.1 Å². The third-order valence-corrected chi connectivity index (χ3v) is 7.86. The Bertz CT molecular complexity index is 1310. The summed E-state index contributed by atoms with van der Waals surface area (Å²) in [5.41, 5.74) is 1.24. The first-order valence-corrected chi connectivity index (χ1v) is 13.2. The van der Waals surface area contributed by atoms with Gasteiger partial charge < -0.3 is 14.4 Å². The summed E-state index contributed by atoms with van der Waals surface area (Å²) >= 11 is 0. The fraction of sp³-hybridized carbons (Fsp3) is 0.400. The Balaban J connectivity index is 1.46. The van der Waals surface area contributed by atoms with Crippen molar-refractivity contribution in [1.29, 1.82) is 0 Å². The quantitative estimate of drug-likeness (QED) is 0.436. The molecular weight excluding hydrogens is 504 g/mol. The maximum Gasteiger partial charge on any atom is 0.387 e. The molecule has 1 saturated carbocycles. The number of ether oxygens (including phenoxy) is 2. The van der Waals surface area contributed by atoms with Crippen molar-refractivity contribution in [2.75, 3.05) is 18.8 Å². The SMILES string of the molecule is Cc1nc(O[C@H]2CC[C@H](c3cccc(OC(F)F)c3)C[C@@H]2N(C)C)ccc1S(=O)(=O)Nc1ccncn1. The van der Waals surface area contributed by atoms with Crippen LogP contribution in [0, 0.1) is 6.92 Å². The molecule has 0 radical (unpaired) electrons. The molecule has 1 aliphatic rings. The van der Waals surface area contributed by atoms with Crippen LogP contribution in [0.25, 0.3) is 0 Å². The number of pyridine rings is 1. The van der Waals surface area contributed by atoms with Gasteiger partial charge in [-0.05, 0) is 76.0 Å². The van der Waals surface area contributed by atoms with E-state index in [0.717, 1.165) is 18.4 Å². The van der Waals surface area contributed by atoms with Crippen molar-refractivity contribution in [2.24, 2.45) is 0 Å². The Kier molecular flexibility index (Phi) is 8.18. The molecule has 2 aromatic heterocycles. The summed E-state index contributed by atoms with van der Waals surface area (Å²) in [5, 5.41) is 0. The molecule has 0 unspecified atom stereocenters. The number of nitrogens with one attached hydrogen (secondary N) is 1. The van der Waals surface area contributed by atoms with Crippen LogP contribution in [0.5, 0.6) is 11.6 Å². The smallest absolute Gasteiger partial charge is 0.387 e. The molecule has 4 rings (SSSR count). The summed E-state index contributed by atoms with van der Waals surface area (Å²) in [6, 6.07) is 11.3. The monoisotopic (exact) mass is 533 g/mol. The average Bonchev–Trinajstić information content (AvgIpc) is 2.84. The number of aromatic nitrogens is 3. The summed E-state index contributed by atoms with van der Waals surface area (Å²) in [4.78, 5) is 14.2. The Morgan fingerprint density at radius 3 is 2.62 bits per heavy atom. The van der Waals surface area contributed by atoms with E-state index in [4.69, 9.17) is 4.74 Å². The van der Waals surface area contributed by atoms with Crippen molar-refractivity contribution >= 4 is 15.8 Å². The van der Waals surface area contributed by atoms with Crippen molar-refractivity contribution in [3.05, 3.63) is 66.2 Å². The molecule has 1 aliphatic carbocycles. The molecule has 0 amide bonds. The number of anilines is 1. The molecule has 0 spiro atoms. The third kappa shape index (κ3) is 6.69. The van der Waals surface area contributed by atoms with Gasteiger partial charge in [-0.1, -0.05) is 12.1 Å². The maximum absolute atomic E-state index is 12.8. The van der Waals surface area contributed by atoms with Gasteiger partial charge in [0, 0.05) is 18.3 Å². The van der Waals surface area contributed by atoms with E-state index >= 15 is 0 Å². The lowest BCUT2D eigenvalue weighted by Crippen LogP contribution is -2.46. The van der Waals surface area contributed by atoms with Crippen molar-refractivity contribution in [1.82, 2.24) is 19.9 Å². The van der Waals surface area contributed by atoms with Crippen LogP contribution in [-0.2, 0) is 10.0 Å². The lowest BCUT2D eigenvalue weighted by atomic mass is 9.79. The van der Waals surface area contributed by atoms with Gasteiger partial charge in [-0.15, -0.1) is 0 Å². The van der Waals surface area contributed by atoms with Crippen LogP contribution in [-0.4, -0.2) is 61.1 Å². The van der Waals surface area contributed by atoms with Crippen molar-refractivity contribution in [3.8, 4) is 11.6 Å². The molecule has 2 heterocycles. The zero-order valence-electron chi connectivity index (χ0n) is 20.7. The molecular formula is C25H29F2N5O4S. The highest BCUT2D eigenvalue weighted by Crippen LogP contribution is 2.37. The van der Waals surface area contributed by atoms with Gasteiger partial charge in [0.1, 0.15) is 28.9 Å². The highest BCUT2D eigenvalue weighted by molar-refractivity contribution is 7.92. The third-order valence-electron chi connectivity index (χ3n) is 6.37. The van der Waals surface area contributed by atoms with Crippen LogP contribution in [0.15, 0.2) is 59.9 Å². The normalized spacial score (nSPS) is 20.1. The molecule has 37 heavy (non-hydrogen) atoms. The minimum atomic E-state index is -3.89. The first kappa shape index (κ1) is 26.7. The Morgan fingerprint density at radius 2 is 1.95 bits per heavy atom. The first-order valence-electron chi connectivity index (χ1n) is 11.8. The lowest BCUT2D eigenvalue weighted by Gasteiger charge is -2.39. The number of aryl methyl sites for hydroxylation is 1. The molecule has 1 N–H and O–H groups in total. The fourth-order valence-corrected chi connectivity index (χ4v) is 5.81. The lowest BCUT2D eigenvalue weighted by molar-refractivity contribution is -0.0499. The first-order chi connectivity index (χ1) is 17.6. The van der Waals surface area contributed by atoms with Crippen molar-refractivity contribution < 1.29 is 26.7 Å². The second-order valence-electron chi connectivity index (χ2n) is 9.08. The molecule has 0 bridgehead atoms. The van der Waals surface area contributed by atoms with Crippen LogP contribution in [0.3, 0.4) is 0 Å². The molecule has 9 nitrogen and oxygen atoms in total. The number of benzene rings is 1. The number of likely N-dealkylation sites (N-methyl/N-ethyl adjacent to an activating group) is 1. The number of nitrogens with zero attached hydrogens (tertiary/aromatic N) is 4. The van der Waals surface area contributed by atoms with E-state index in [1.165, 1.54) is 30.7 Å². The fourth-order valence-electron chi connectivity index (χ4n) is 4.62. The Hall–Kier alpha value is -3.38. The second kappa shape index (κ2) is 11.3. The largest absolute Gasteiger partial charge is 0.473 e. The van der Waals surface area contributed by atoms with Gasteiger partial charge in [0.25, 0.3) is 10.0 Å². The van der Waals surface area contributed by atoms with E-state index < -0.39 is 16.6 Å².